The monoisotopic (exact) mass is 266 g/mol. The van der Waals surface area contributed by atoms with Gasteiger partial charge in [-0.1, -0.05) is 13.5 Å². The van der Waals surface area contributed by atoms with Crippen molar-refractivity contribution in [2.24, 2.45) is 17.3 Å². The van der Waals surface area contributed by atoms with Crippen LogP contribution in [0.4, 0.5) is 0 Å². The van der Waals surface area contributed by atoms with Crippen molar-refractivity contribution in [2.45, 2.75) is 50.3 Å². The molecule has 104 valence electrons. The van der Waals surface area contributed by atoms with E-state index in [4.69, 9.17) is 9.47 Å². The van der Waals surface area contributed by atoms with E-state index in [0.717, 1.165) is 6.42 Å². The summed E-state index contributed by atoms with van der Waals surface area (Å²) in [5.41, 5.74) is -0.294. The molecule has 8 atom stereocenters. The average Bonchev–Trinajstić information content (AvgIpc) is 3.06. The van der Waals surface area contributed by atoms with Crippen LogP contribution in [0.25, 0.3) is 0 Å². The Balaban J connectivity index is 1.75. The standard InChI is InChI=1S/C14H18O5/c1-5-8-7(18-13(5)17)4-3-6-9-10(19-9)12(16)14(6,2)11(8)15/h6-12,15-16H,1,3-4H2,2H3/t6-,7+,8-,9-,10-,11+,12+,14-/m1/s1. The van der Waals surface area contributed by atoms with Gasteiger partial charge in [0.1, 0.15) is 12.2 Å². The highest BCUT2D eigenvalue weighted by Gasteiger charge is 2.71. The van der Waals surface area contributed by atoms with Crippen LogP contribution in [-0.4, -0.2) is 46.7 Å². The summed E-state index contributed by atoms with van der Waals surface area (Å²) in [6.07, 6.45) is -0.388. The molecule has 0 aromatic carbocycles. The first-order valence-electron chi connectivity index (χ1n) is 6.87. The van der Waals surface area contributed by atoms with Crippen molar-refractivity contribution < 1.29 is 24.5 Å². The Morgan fingerprint density at radius 1 is 1.26 bits per heavy atom. The van der Waals surface area contributed by atoms with Crippen LogP contribution in [0.1, 0.15) is 19.8 Å². The van der Waals surface area contributed by atoms with E-state index in [9.17, 15) is 15.0 Å². The van der Waals surface area contributed by atoms with Gasteiger partial charge in [-0.2, -0.15) is 0 Å². The highest BCUT2D eigenvalue weighted by molar-refractivity contribution is 5.91. The predicted octanol–water partition coefficient (Wildman–Crippen LogP) is 0.00330. The normalized spacial score (nSPS) is 59.0. The molecule has 4 fully saturated rings. The zero-order chi connectivity index (χ0) is 13.5. The number of carbonyl (C=O) groups excluding carboxylic acids is 1. The molecule has 19 heavy (non-hydrogen) atoms. The summed E-state index contributed by atoms with van der Waals surface area (Å²) in [5, 5.41) is 21.2. The number of carbonyl (C=O) groups is 1. The van der Waals surface area contributed by atoms with E-state index >= 15 is 0 Å². The Kier molecular flexibility index (Phi) is 2.12. The molecule has 2 saturated heterocycles. The maximum atomic E-state index is 11.6. The number of ether oxygens (including phenoxy) is 2. The molecular weight excluding hydrogens is 248 g/mol. The van der Waals surface area contributed by atoms with Crippen LogP contribution in [0.5, 0.6) is 0 Å². The second kappa shape index (κ2) is 3.40. The van der Waals surface area contributed by atoms with Gasteiger partial charge in [0.25, 0.3) is 0 Å². The molecule has 0 bridgehead atoms. The van der Waals surface area contributed by atoms with Gasteiger partial charge in [0.05, 0.1) is 24.2 Å². The lowest BCUT2D eigenvalue weighted by molar-refractivity contribution is -0.140. The van der Waals surface area contributed by atoms with Gasteiger partial charge in [0, 0.05) is 11.0 Å². The summed E-state index contributed by atoms with van der Waals surface area (Å²) >= 11 is 0. The highest BCUT2D eigenvalue weighted by Crippen LogP contribution is 2.61. The molecule has 4 rings (SSSR count). The smallest absolute Gasteiger partial charge is 0.334 e. The highest BCUT2D eigenvalue weighted by atomic mass is 16.6. The van der Waals surface area contributed by atoms with Gasteiger partial charge in [0.2, 0.25) is 0 Å². The first-order valence-corrected chi connectivity index (χ1v) is 6.87. The molecule has 0 aromatic heterocycles. The first kappa shape index (κ1) is 11.9. The summed E-state index contributed by atoms with van der Waals surface area (Å²) in [5.74, 6) is -0.681. The van der Waals surface area contributed by atoms with Crippen LogP contribution in [-0.2, 0) is 14.3 Å². The summed E-state index contributed by atoms with van der Waals surface area (Å²) in [6.45, 7) is 5.67. The van der Waals surface area contributed by atoms with Gasteiger partial charge in [-0.3, -0.25) is 0 Å². The third-order valence-corrected chi connectivity index (χ3v) is 5.77. The minimum absolute atomic E-state index is 0.0532. The van der Waals surface area contributed by atoms with Gasteiger partial charge in [-0.25, -0.2) is 4.79 Å². The summed E-state index contributed by atoms with van der Waals surface area (Å²) in [6, 6.07) is 0. The lowest BCUT2D eigenvalue weighted by atomic mass is 9.68. The van der Waals surface area contributed by atoms with Crippen molar-refractivity contribution >= 4 is 5.97 Å². The first-order chi connectivity index (χ1) is 8.96. The Morgan fingerprint density at radius 2 is 2.00 bits per heavy atom. The molecular formula is C14H18O5. The molecule has 5 nitrogen and oxygen atoms in total. The zero-order valence-electron chi connectivity index (χ0n) is 10.8. The average molecular weight is 266 g/mol. The van der Waals surface area contributed by atoms with Crippen molar-refractivity contribution in [2.75, 3.05) is 0 Å². The van der Waals surface area contributed by atoms with Gasteiger partial charge >= 0.3 is 5.97 Å². The number of esters is 1. The van der Waals surface area contributed by atoms with Gasteiger partial charge in [-0.15, -0.1) is 0 Å². The van der Waals surface area contributed by atoms with Crippen molar-refractivity contribution in [3.63, 3.8) is 0 Å². The van der Waals surface area contributed by atoms with Gasteiger partial charge < -0.3 is 19.7 Å². The fraction of sp³-hybridized carbons (Fsp3) is 0.786. The summed E-state index contributed by atoms with van der Waals surface area (Å²) < 4.78 is 10.8. The van der Waals surface area contributed by atoms with E-state index in [-0.39, 0.29) is 24.2 Å². The number of fused-ring (bicyclic) bond motifs is 4. The van der Waals surface area contributed by atoms with Crippen LogP contribution in [0, 0.1) is 17.3 Å². The number of rotatable bonds is 0. The molecule has 2 aliphatic heterocycles. The molecule has 2 aliphatic carbocycles. The number of hydrogen-bond acceptors (Lipinski definition) is 5. The van der Waals surface area contributed by atoms with E-state index in [0.29, 0.717) is 12.0 Å². The van der Waals surface area contributed by atoms with Crippen LogP contribution >= 0.6 is 0 Å². The molecule has 0 radical (unpaired) electrons. The maximum absolute atomic E-state index is 11.6. The van der Waals surface area contributed by atoms with Crippen LogP contribution in [0.3, 0.4) is 0 Å². The van der Waals surface area contributed by atoms with Crippen LogP contribution in [0.15, 0.2) is 12.2 Å². The molecule has 0 spiro atoms. The number of aliphatic hydroxyl groups excluding tert-OH is 2. The SMILES string of the molecule is C=C1C(=O)O[C@H]2CC[C@@H]3[C@H]4O[C@H]4[C@H](O)[C@@]3(C)[C@@H](O)[C@H]12. The quantitative estimate of drug-likeness (QED) is 0.366. The Bertz CT molecular complexity index is 474. The second-order valence-corrected chi connectivity index (χ2v) is 6.50. The molecule has 0 unspecified atom stereocenters. The van der Waals surface area contributed by atoms with E-state index < -0.39 is 29.5 Å². The Labute approximate surface area is 111 Å². The van der Waals surface area contributed by atoms with E-state index in [2.05, 4.69) is 6.58 Å². The molecule has 2 saturated carbocycles. The third kappa shape index (κ3) is 1.24. The molecule has 0 aromatic rings. The number of epoxide rings is 1. The minimum atomic E-state index is -0.810. The minimum Gasteiger partial charge on any atom is -0.458 e. The van der Waals surface area contributed by atoms with Crippen molar-refractivity contribution in [3.8, 4) is 0 Å². The molecule has 4 aliphatic rings. The van der Waals surface area contributed by atoms with Gasteiger partial charge in [-0.05, 0) is 18.8 Å². The van der Waals surface area contributed by atoms with E-state index in [1.807, 2.05) is 6.92 Å². The lowest BCUT2D eigenvalue weighted by Crippen LogP contribution is -2.50. The van der Waals surface area contributed by atoms with Crippen molar-refractivity contribution in [1.82, 2.24) is 0 Å². The number of aliphatic hydroxyl groups is 2. The predicted molar refractivity (Wildman–Crippen MR) is 64.0 cm³/mol. The zero-order valence-corrected chi connectivity index (χ0v) is 10.8. The summed E-state index contributed by atoms with van der Waals surface area (Å²) in [7, 11) is 0. The van der Waals surface area contributed by atoms with Crippen molar-refractivity contribution in [1.29, 1.82) is 0 Å². The van der Waals surface area contributed by atoms with E-state index in [1.165, 1.54) is 0 Å². The third-order valence-electron chi connectivity index (χ3n) is 5.77. The van der Waals surface area contributed by atoms with Crippen molar-refractivity contribution in [3.05, 3.63) is 12.2 Å². The fourth-order valence-corrected chi connectivity index (χ4v) is 4.52. The molecule has 0 amide bonds. The van der Waals surface area contributed by atoms with Gasteiger partial charge in [0.15, 0.2) is 0 Å². The van der Waals surface area contributed by atoms with E-state index in [1.54, 1.807) is 0 Å². The molecule has 2 N–H and O–H groups in total. The Morgan fingerprint density at radius 3 is 2.74 bits per heavy atom. The molecule has 2 heterocycles. The topological polar surface area (TPSA) is 79.3 Å². The van der Waals surface area contributed by atoms with Crippen LogP contribution in [0.2, 0.25) is 0 Å². The Hall–Kier alpha value is -0.910. The number of hydrogen-bond donors (Lipinski definition) is 2. The maximum Gasteiger partial charge on any atom is 0.334 e. The van der Waals surface area contributed by atoms with Crippen LogP contribution < -0.4 is 0 Å². The summed E-state index contributed by atoms with van der Waals surface area (Å²) in [4.78, 5) is 11.6. The largest absolute Gasteiger partial charge is 0.458 e. The fourth-order valence-electron chi connectivity index (χ4n) is 4.52. The second-order valence-electron chi connectivity index (χ2n) is 6.50. The molecule has 5 heteroatoms. The lowest BCUT2D eigenvalue weighted by Gasteiger charge is -2.41.